The van der Waals surface area contributed by atoms with E-state index in [4.69, 9.17) is 5.11 Å². The minimum Gasteiger partial charge on any atom is -0.395 e. The molecule has 0 spiro atoms. The molecule has 8 heteroatoms. The van der Waals surface area contributed by atoms with Crippen molar-refractivity contribution in [1.29, 1.82) is 0 Å². The Morgan fingerprint density at radius 2 is 2.17 bits per heavy atom. The van der Waals surface area contributed by atoms with E-state index in [-0.39, 0.29) is 10.8 Å². The van der Waals surface area contributed by atoms with Crippen molar-refractivity contribution in [3.8, 4) is 10.4 Å². The van der Waals surface area contributed by atoms with E-state index in [2.05, 4.69) is 14.7 Å². The summed E-state index contributed by atoms with van der Waals surface area (Å²) in [4.78, 5) is 8.31. The van der Waals surface area contributed by atoms with Gasteiger partial charge in [-0.15, -0.1) is 11.3 Å². The summed E-state index contributed by atoms with van der Waals surface area (Å²) >= 11 is 1.20. The van der Waals surface area contributed by atoms with Gasteiger partial charge in [0.2, 0.25) is 10.0 Å². The first-order chi connectivity index (χ1) is 10.9. The van der Waals surface area contributed by atoms with Gasteiger partial charge in [-0.05, 0) is 38.1 Å². The van der Waals surface area contributed by atoms with Crippen LogP contribution in [0.4, 0.5) is 0 Å². The molecule has 0 saturated heterocycles. The molecule has 0 radical (unpaired) electrons. The summed E-state index contributed by atoms with van der Waals surface area (Å²) < 4.78 is 27.2. The molecule has 3 heterocycles. The zero-order valence-electron chi connectivity index (χ0n) is 12.7. The van der Waals surface area contributed by atoms with Crippen molar-refractivity contribution < 1.29 is 13.5 Å². The summed E-state index contributed by atoms with van der Waals surface area (Å²) in [6.45, 7) is 3.32. The van der Waals surface area contributed by atoms with Crippen LogP contribution in [0.1, 0.15) is 12.6 Å². The van der Waals surface area contributed by atoms with E-state index in [9.17, 15) is 8.42 Å². The number of pyridine rings is 1. The summed E-state index contributed by atoms with van der Waals surface area (Å²) in [5.74, 6) is 0. The first-order valence-electron chi connectivity index (χ1n) is 7.08. The molecule has 1 atom stereocenters. The highest BCUT2D eigenvalue weighted by Gasteiger charge is 2.20. The van der Waals surface area contributed by atoms with Gasteiger partial charge < -0.3 is 10.1 Å². The molecule has 122 valence electrons. The molecule has 0 aliphatic heterocycles. The second-order valence-electron chi connectivity index (χ2n) is 5.40. The van der Waals surface area contributed by atoms with Crippen LogP contribution in [0.2, 0.25) is 0 Å². The van der Waals surface area contributed by atoms with Crippen LogP contribution >= 0.6 is 11.3 Å². The maximum Gasteiger partial charge on any atom is 0.250 e. The van der Waals surface area contributed by atoms with Gasteiger partial charge in [0.25, 0.3) is 0 Å². The summed E-state index contributed by atoms with van der Waals surface area (Å²) in [5, 5.41) is 9.98. The van der Waals surface area contributed by atoms with Gasteiger partial charge in [-0.1, -0.05) is 0 Å². The van der Waals surface area contributed by atoms with Gasteiger partial charge in [0.15, 0.2) is 0 Å². The van der Waals surface area contributed by atoms with Crippen LogP contribution in [0.3, 0.4) is 0 Å². The fraction of sp³-hybridized carbons (Fsp3) is 0.267. The Morgan fingerprint density at radius 1 is 1.39 bits per heavy atom. The number of aromatic amines is 1. The van der Waals surface area contributed by atoms with Gasteiger partial charge in [-0.3, -0.25) is 0 Å². The molecule has 0 aliphatic rings. The number of fused-ring (bicyclic) bond motifs is 1. The summed E-state index contributed by atoms with van der Waals surface area (Å²) in [6, 6.07) is 6.72. The summed E-state index contributed by atoms with van der Waals surface area (Å²) in [6.07, 6.45) is 1.70. The highest BCUT2D eigenvalue weighted by molar-refractivity contribution is 7.91. The Morgan fingerprint density at radius 3 is 2.91 bits per heavy atom. The van der Waals surface area contributed by atoms with E-state index in [0.717, 1.165) is 27.2 Å². The zero-order valence-corrected chi connectivity index (χ0v) is 14.3. The molecule has 3 aromatic rings. The quantitative estimate of drug-likeness (QED) is 0.657. The van der Waals surface area contributed by atoms with Gasteiger partial charge in [-0.2, -0.15) is 0 Å². The number of aryl methyl sites for hydroxylation is 1. The Bertz CT molecular complexity index is 944. The average Bonchev–Trinajstić information content (AvgIpc) is 3.11. The van der Waals surface area contributed by atoms with Crippen LogP contribution in [0.5, 0.6) is 0 Å². The van der Waals surface area contributed by atoms with Crippen LogP contribution in [0.25, 0.3) is 21.5 Å². The second kappa shape index (κ2) is 6.04. The fourth-order valence-corrected chi connectivity index (χ4v) is 4.94. The molecular weight excluding hydrogens is 334 g/mol. The zero-order chi connectivity index (χ0) is 16.6. The van der Waals surface area contributed by atoms with Crippen LogP contribution in [-0.2, 0) is 10.0 Å². The molecule has 0 aliphatic carbocycles. The standard InChI is InChI=1S/C15H17N3O3S2/c1-9-7-12-11(5-6-16-15(12)17-9)13-3-4-14(22-13)23(20,21)18-10(2)8-19/h3-7,10,18-19H,8H2,1-2H3,(H,16,17)/t10-/m1/s1. The predicted octanol–water partition coefficient (Wildman–Crippen LogP) is 2.26. The number of nitrogens with zero attached hydrogens (tertiary/aromatic N) is 1. The van der Waals surface area contributed by atoms with Gasteiger partial charge in [0.1, 0.15) is 9.86 Å². The Hall–Kier alpha value is -1.74. The highest BCUT2D eigenvalue weighted by Crippen LogP contribution is 2.34. The lowest BCUT2D eigenvalue weighted by Gasteiger charge is -2.09. The van der Waals surface area contributed by atoms with Crippen molar-refractivity contribution in [2.45, 2.75) is 24.1 Å². The minimum atomic E-state index is -3.62. The number of rotatable bonds is 5. The summed E-state index contributed by atoms with van der Waals surface area (Å²) in [5.41, 5.74) is 2.73. The lowest BCUT2D eigenvalue weighted by molar-refractivity contribution is 0.265. The van der Waals surface area contributed by atoms with Crippen molar-refractivity contribution in [2.24, 2.45) is 0 Å². The SMILES string of the molecule is Cc1cc2c(-c3ccc(S(=O)(=O)N[C@H](C)CO)s3)ccnc2[nH]1. The number of aromatic nitrogens is 2. The van der Waals surface area contributed by atoms with E-state index in [1.807, 2.05) is 19.1 Å². The number of hydrogen-bond acceptors (Lipinski definition) is 5. The third-order valence-electron chi connectivity index (χ3n) is 3.41. The smallest absolute Gasteiger partial charge is 0.250 e. The van der Waals surface area contributed by atoms with Crippen molar-refractivity contribution in [3.63, 3.8) is 0 Å². The van der Waals surface area contributed by atoms with Crippen molar-refractivity contribution in [3.05, 3.63) is 36.2 Å². The molecule has 3 aromatic heterocycles. The van der Waals surface area contributed by atoms with E-state index in [0.29, 0.717) is 0 Å². The van der Waals surface area contributed by atoms with E-state index >= 15 is 0 Å². The molecule has 0 amide bonds. The van der Waals surface area contributed by atoms with Crippen molar-refractivity contribution in [1.82, 2.24) is 14.7 Å². The number of sulfonamides is 1. The van der Waals surface area contributed by atoms with Gasteiger partial charge in [0, 0.05) is 33.8 Å². The Balaban J connectivity index is 2.01. The van der Waals surface area contributed by atoms with Crippen molar-refractivity contribution >= 4 is 32.4 Å². The lowest BCUT2D eigenvalue weighted by atomic mass is 10.1. The molecular formula is C15H17N3O3S2. The van der Waals surface area contributed by atoms with Gasteiger partial charge in [-0.25, -0.2) is 18.1 Å². The predicted molar refractivity (Wildman–Crippen MR) is 91.0 cm³/mol. The maximum absolute atomic E-state index is 12.3. The molecule has 23 heavy (non-hydrogen) atoms. The topological polar surface area (TPSA) is 95.1 Å². The van der Waals surface area contributed by atoms with Gasteiger partial charge >= 0.3 is 0 Å². The molecule has 6 nitrogen and oxygen atoms in total. The number of thiophene rings is 1. The van der Waals surface area contributed by atoms with Crippen LogP contribution in [-0.4, -0.2) is 36.1 Å². The fourth-order valence-electron chi connectivity index (χ4n) is 2.34. The molecule has 0 bridgehead atoms. The first-order valence-corrected chi connectivity index (χ1v) is 9.38. The third kappa shape index (κ3) is 3.16. The third-order valence-corrected chi connectivity index (χ3v) is 6.61. The molecule has 0 saturated carbocycles. The van der Waals surface area contributed by atoms with E-state index in [1.54, 1.807) is 25.3 Å². The van der Waals surface area contributed by atoms with Crippen LogP contribution in [0, 0.1) is 6.92 Å². The number of aliphatic hydroxyl groups is 1. The van der Waals surface area contributed by atoms with E-state index < -0.39 is 16.1 Å². The summed E-state index contributed by atoms with van der Waals surface area (Å²) in [7, 11) is -3.62. The lowest BCUT2D eigenvalue weighted by Crippen LogP contribution is -2.34. The van der Waals surface area contributed by atoms with E-state index in [1.165, 1.54) is 11.3 Å². The normalized spacial score (nSPS) is 13.5. The molecule has 3 rings (SSSR count). The molecule has 3 N–H and O–H groups in total. The average molecular weight is 351 g/mol. The van der Waals surface area contributed by atoms with Gasteiger partial charge in [0.05, 0.1) is 6.61 Å². The second-order valence-corrected chi connectivity index (χ2v) is 8.42. The number of hydrogen-bond donors (Lipinski definition) is 3. The molecule has 0 fully saturated rings. The van der Waals surface area contributed by atoms with Crippen molar-refractivity contribution in [2.75, 3.05) is 6.61 Å². The Labute approximate surface area is 138 Å². The van der Waals surface area contributed by atoms with Crippen LogP contribution < -0.4 is 4.72 Å². The first kappa shape index (κ1) is 16.1. The maximum atomic E-state index is 12.3. The number of nitrogens with one attached hydrogen (secondary N) is 2. The molecule has 0 aromatic carbocycles. The van der Waals surface area contributed by atoms with Crippen LogP contribution in [0.15, 0.2) is 34.7 Å². The Kier molecular flexibility index (Phi) is 4.24. The highest BCUT2D eigenvalue weighted by atomic mass is 32.2. The minimum absolute atomic E-state index is 0.227. The number of aliphatic hydroxyl groups excluding tert-OH is 1. The number of H-pyrrole nitrogens is 1. The largest absolute Gasteiger partial charge is 0.395 e. The molecule has 0 unspecified atom stereocenters. The monoisotopic (exact) mass is 351 g/mol.